The second-order valence-electron chi connectivity index (χ2n) is 4.12. The summed E-state index contributed by atoms with van der Waals surface area (Å²) >= 11 is 0. The van der Waals surface area contributed by atoms with Crippen molar-refractivity contribution in [1.82, 2.24) is 15.0 Å². The van der Waals surface area contributed by atoms with E-state index in [0.29, 0.717) is 17.4 Å². The third-order valence-electron chi connectivity index (χ3n) is 2.99. The van der Waals surface area contributed by atoms with E-state index in [1.165, 1.54) is 0 Å². The van der Waals surface area contributed by atoms with Gasteiger partial charge in [-0.1, -0.05) is 0 Å². The Kier molecular flexibility index (Phi) is 2.25. The molecule has 0 atom stereocenters. The van der Waals surface area contributed by atoms with Crippen LogP contribution in [0.1, 0.15) is 24.6 Å². The summed E-state index contributed by atoms with van der Waals surface area (Å²) in [5.41, 5.74) is 7.29. The number of anilines is 1. The van der Waals surface area contributed by atoms with Crippen molar-refractivity contribution < 1.29 is 4.74 Å². The van der Waals surface area contributed by atoms with Crippen LogP contribution in [0.25, 0.3) is 11.2 Å². The summed E-state index contributed by atoms with van der Waals surface area (Å²) in [4.78, 5) is 12.0. The predicted octanol–water partition coefficient (Wildman–Crippen LogP) is 1.43. The zero-order valence-electron chi connectivity index (χ0n) is 8.94. The summed E-state index contributed by atoms with van der Waals surface area (Å²) in [6, 6.07) is 3.71. The molecule has 1 aliphatic heterocycles. The van der Waals surface area contributed by atoms with Crippen molar-refractivity contribution in [3.63, 3.8) is 0 Å². The van der Waals surface area contributed by atoms with Crippen molar-refractivity contribution in [3.05, 3.63) is 18.0 Å². The van der Waals surface area contributed by atoms with Gasteiger partial charge in [0.25, 0.3) is 0 Å². The lowest BCUT2D eigenvalue weighted by Crippen LogP contribution is -2.15. The minimum atomic E-state index is 0.462. The van der Waals surface area contributed by atoms with Gasteiger partial charge in [-0.25, -0.2) is 9.97 Å². The topological polar surface area (TPSA) is 76.8 Å². The van der Waals surface area contributed by atoms with Crippen LogP contribution < -0.4 is 5.73 Å². The number of imidazole rings is 1. The molecule has 0 saturated carbocycles. The Labute approximate surface area is 93.0 Å². The molecule has 1 fully saturated rings. The van der Waals surface area contributed by atoms with Crippen LogP contribution in [0.3, 0.4) is 0 Å². The Morgan fingerprint density at radius 2 is 2.06 bits per heavy atom. The average Bonchev–Trinajstić information content (AvgIpc) is 2.73. The van der Waals surface area contributed by atoms with E-state index in [9.17, 15) is 0 Å². The Hall–Kier alpha value is -1.62. The molecule has 0 radical (unpaired) electrons. The first-order valence-corrected chi connectivity index (χ1v) is 5.53. The van der Waals surface area contributed by atoms with Crippen molar-refractivity contribution in [2.24, 2.45) is 0 Å². The van der Waals surface area contributed by atoms with Crippen molar-refractivity contribution in [2.45, 2.75) is 18.8 Å². The van der Waals surface area contributed by atoms with Crippen LogP contribution in [0.15, 0.2) is 12.1 Å². The number of ether oxygens (including phenoxy) is 1. The van der Waals surface area contributed by atoms with E-state index < -0.39 is 0 Å². The van der Waals surface area contributed by atoms with Gasteiger partial charge in [-0.15, -0.1) is 0 Å². The minimum Gasteiger partial charge on any atom is -0.384 e. The van der Waals surface area contributed by atoms with Crippen molar-refractivity contribution in [3.8, 4) is 0 Å². The largest absolute Gasteiger partial charge is 0.384 e. The van der Waals surface area contributed by atoms with E-state index >= 15 is 0 Å². The number of H-pyrrole nitrogens is 1. The molecule has 2 aromatic rings. The molecule has 5 heteroatoms. The highest BCUT2D eigenvalue weighted by Gasteiger charge is 2.19. The van der Waals surface area contributed by atoms with E-state index in [0.717, 1.165) is 37.4 Å². The summed E-state index contributed by atoms with van der Waals surface area (Å²) < 4.78 is 5.34. The van der Waals surface area contributed by atoms with E-state index in [2.05, 4.69) is 15.0 Å². The summed E-state index contributed by atoms with van der Waals surface area (Å²) in [7, 11) is 0. The number of pyridine rings is 1. The van der Waals surface area contributed by atoms with Crippen LogP contribution in [-0.4, -0.2) is 28.2 Å². The van der Waals surface area contributed by atoms with E-state index in [-0.39, 0.29) is 0 Å². The average molecular weight is 218 g/mol. The lowest BCUT2D eigenvalue weighted by Gasteiger charge is -2.19. The van der Waals surface area contributed by atoms with Gasteiger partial charge in [-0.05, 0) is 25.0 Å². The van der Waals surface area contributed by atoms with Gasteiger partial charge < -0.3 is 15.5 Å². The van der Waals surface area contributed by atoms with Crippen LogP contribution in [0, 0.1) is 0 Å². The van der Waals surface area contributed by atoms with Gasteiger partial charge >= 0.3 is 0 Å². The zero-order chi connectivity index (χ0) is 11.0. The predicted molar refractivity (Wildman–Crippen MR) is 61.1 cm³/mol. The van der Waals surface area contributed by atoms with Gasteiger partial charge in [-0.2, -0.15) is 0 Å². The van der Waals surface area contributed by atoms with Gasteiger partial charge in [-0.3, -0.25) is 0 Å². The van der Waals surface area contributed by atoms with Crippen LogP contribution in [0.4, 0.5) is 5.82 Å². The highest BCUT2D eigenvalue weighted by Crippen LogP contribution is 2.26. The number of hydrogen-bond donors (Lipinski definition) is 2. The molecule has 0 amide bonds. The highest BCUT2D eigenvalue weighted by atomic mass is 16.5. The van der Waals surface area contributed by atoms with Crippen molar-refractivity contribution in [1.29, 1.82) is 0 Å². The first-order chi connectivity index (χ1) is 7.83. The molecule has 0 spiro atoms. The molecule has 5 nitrogen and oxygen atoms in total. The van der Waals surface area contributed by atoms with Crippen molar-refractivity contribution >= 4 is 17.0 Å². The first-order valence-electron chi connectivity index (χ1n) is 5.53. The lowest BCUT2D eigenvalue weighted by atomic mass is 10.00. The lowest BCUT2D eigenvalue weighted by molar-refractivity contribution is 0.0838. The van der Waals surface area contributed by atoms with Crippen LogP contribution >= 0.6 is 0 Å². The van der Waals surface area contributed by atoms with Crippen LogP contribution in [-0.2, 0) is 4.74 Å². The molecule has 3 rings (SSSR count). The molecule has 3 heterocycles. The van der Waals surface area contributed by atoms with Gasteiger partial charge in [0.1, 0.15) is 11.6 Å². The molecule has 0 bridgehead atoms. The van der Waals surface area contributed by atoms with Crippen LogP contribution in [0.5, 0.6) is 0 Å². The van der Waals surface area contributed by atoms with E-state index in [4.69, 9.17) is 10.5 Å². The molecule has 16 heavy (non-hydrogen) atoms. The molecular weight excluding hydrogens is 204 g/mol. The number of nitrogens with two attached hydrogens (primary N) is 1. The van der Waals surface area contributed by atoms with E-state index in [1.54, 1.807) is 6.07 Å². The molecule has 0 unspecified atom stereocenters. The normalized spacial score (nSPS) is 18.0. The number of aromatic nitrogens is 3. The fourth-order valence-corrected chi connectivity index (χ4v) is 2.09. The summed E-state index contributed by atoms with van der Waals surface area (Å²) in [6.45, 7) is 1.63. The molecule has 0 aromatic carbocycles. The number of rotatable bonds is 1. The summed E-state index contributed by atoms with van der Waals surface area (Å²) in [6.07, 6.45) is 2.05. The molecule has 1 aliphatic rings. The molecule has 1 saturated heterocycles. The molecule has 2 aromatic heterocycles. The maximum atomic E-state index is 5.63. The third-order valence-corrected chi connectivity index (χ3v) is 2.99. The van der Waals surface area contributed by atoms with Gasteiger partial charge in [0.05, 0.1) is 5.52 Å². The maximum absolute atomic E-state index is 5.63. The third kappa shape index (κ3) is 1.63. The number of hydrogen-bond acceptors (Lipinski definition) is 4. The smallest absolute Gasteiger partial charge is 0.179 e. The van der Waals surface area contributed by atoms with Crippen molar-refractivity contribution in [2.75, 3.05) is 18.9 Å². The first kappa shape index (κ1) is 9.59. The number of fused-ring (bicyclic) bond motifs is 1. The standard InChI is InChI=1S/C11H14N4O/c12-9-2-1-8-11(14-9)15-10(13-8)7-3-5-16-6-4-7/h1-2,7H,3-6H2,(H3,12,13,14,15). The SMILES string of the molecule is Nc1ccc2[nH]c(C3CCOCC3)nc2n1. The number of nitrogen functional groups attached to an aromatic ring is 1. The fourth-order valence-electron chi connectivity index (χ4n) is 2.09. The number of aromatic amines is 1. The minimum absolute atomic E-state index is 0.462. The monoisotopic (exact) mass is 218 g/mol. The number of nitrogens with zero attached hydrogens (tertiary/aromatic N) is 2. The summed E-state index contributed by atoms with van der Waals surface area (Å²) in [5.74, 6) is 1.98. The van der Waals surface area contributed by atoms with E-state index in [1.807, 2.05) is 6.07 Å². The van der Waals surface area contributed by atoms with Gasteiger partial charge in [0.2, 0.25) is 0 Å². The quantitative estimate of drug-likeness (QED) is 0.759. The molecule has 84 valence electrons. The highest BCUT2D eigenvalue weighted by molar-refractivity contribution is 5.72. The second-order valence-corrected chi connectivity index (χ2v) is 4.12. The number of nitrogens with one attached hydrogen (secondary N) is 1. The Bertz CT molecular complexity index is 502. The fraction of sp³-hybridized carbons (Fsp3) is 0.455. The Morgan fingerprint density at radius 1 is 1.25 bits per heavy atom. The Balaban J connectivity index is 1.97. The Morgan fingerprint density at radius 3 is 2.88 bits per heavy atom. The maximum Gasteiger partial charge on any atom is 0.179 e. The summed E-state index contributed by atoms with van der Waals surface area (Å²) in [5, 5.41) is 0. The zero-order valence-corrected chi connectivity index (χ0v) is 8.94. The van der Waals surface area contributed by atoms with Gasteiger partial charge in [0, 0.05) is 19.1 Å². The van der Waals surface area contributed by atoms with Gasteiger partial charge in [0.15, 0.2) is 5.65 Å². The molecule has 0 aliphatic carbocycles. The second kappa shape index (κ2) is 3.75. The van der Waals surface area contributed by atoms with Crippen LogP contribution in [0.2, 0.25) is 0 Å². The molecular formula is C11H14N4O. The molecule has 3 N–H and O–H groups in total.